The summed E-state index contributed by atoms with van der Waals surface area (Å²) in [5, 5.41) is 9.57. The molecule has 108 valence electrons. The Morgan fingerprint density at radius 3 is 2.85 bits per heavy atom. The molecule has 1 aliphatic carbocycles. The summed E-state index contributed by atoms with van der Waals surface area (Å²) >= 11 is 6.00. The molecule has 0 bridgehead atoms. The number of fused-ring (bicyclic) bond motifs is 1. The van der Waals surface area contributed by atoms with Crippen molar-refractivity contribution in [1.29, 1.82) is 0 Å². The Kier molecular flexibility index (Phi) is 4.03. The number of anilines is 1. The molecule has 0 radical (unpaired) electrons. The van der Waals surface area contributed by atoms with Crippen LogP contribution in [0.25, 0.3) is 11.2 Å². The van der Waals surface area contributed by atoms with Crippen LogP contribution < -0.4 is 4.90 Å². The quantitative estimate of drug-likeness (QED) is 0.845. The van der Waals surface area contributed by atoms with E-state index in [2.05, 4.69) is 24.8 Å². The van der Waals surface area contributed by atoms with Crippen LogP contribution in [0.1, 0.15) is 32.1 Å². The van der Waals surface area contributed by atoms with Crippen LogP contribution in [0.5, 0.6) is 0 Å². The van der Waals surface area contributed by atoms with Crippen molar-refractivity contribution >= 4 is 28.6 Å². The normalized spacial score (nSPS) is 16.7. The van der Waals surface area contributed by atoms with Gasteiger partial charge < -0.3 is 15.0 Å². The Labute approximate surface area is 122 Å². The van der Waals surface area contributed by atoms with Gasteiger partial charge in [-0.05, 0) is 24.4 Å². The number of aliphatic hydroxyl groups excluding tert-OH is 1. The van der Waals surface area contributed by atoms with Gasteiger partial charge in [-0.3, -0.25) is 0 Å². The van der Waals surface area contributed by atoms with E-state index in [-0.39, 0.29) is 11.9 Å². The second-order valence-corrected chi connectivity index (χ2v) is 5.46. The Balaban J connectivity index is 2.01. The van der Waals surface area contributed by atoms with E-state index in [0.717, 1.165) is 24.2 Å². The number of H-pyrrole nitrogens is 1. The number of rotatable bonds is 4. The largest absolute Gasteiger partial charge is 0.395 e. The molecule has 2 heterocycles. The van der Waals surface area contributed by atoms with Crippen LogP contribution in [0.3, 0.4) is 0 Å². The Morgan fingerprint density at radius 1 is 1.30 bits per heavy atom. The summed E-state index contributed by atoms with van der Waals surface area (Å²) in [6, 6.07) is 0.397. The summed E-state index contributed by atoms with van der Waals surface area (Å²) < 4.78 is 0. The first-order chi connectivity index (χ1) is 9.79. The van der Waals surface area contributed by atoms with Crippen molar-refractivity contribution in [3.8, 4) is 0 Å². The van der Waals surface area contributed by atoms with Gasteiger partial charge in [0.05, 0.1) is 12.9 Å². The fraction of sp³-hybridized carbons (Fsp3) is 0.615. The average molecular weight is 296 g/mol. The molecule has 6 nitrogen and oxygen atoms in total. The molecular weight excluding hydrogens is 278 g/mol. The first-order valence-corrected chi connectivity index (χ1v) is 7.41. The second kappa shape index (κ2) is 5.93. The maximum absolute atomic E-state index is 9.38. The van der Waals surface area contributed by atoms with Crippen molar-refractivity contribution in [2.24, 2.45) is 0 Å². The monoisotopic (exact) mass is 295 g/mol. The van der Waals surface area contributed by atoms with Gasteiger partial charge in [-0.1, -0.05) is 19.3 Å². The van der Waals surface area contributed by atoms with Crippen molar-refractivity contribution in [2.75, 3.05) is 18.1 Å². The number of aromatic amines is 1. The van der Waals surface area contributed by atoms with Crippen LogP contribution in [-0.4, -0.2) is 44.2 Å². The lowest BCUT2D eigenvalue weighted by atomic mass is 9.94. The van der Waals surface area contributed by atoms with Gasteiger partial charge in [0.2, 0.25) is 5.28 Å². The lowest BCUT2D eigenvalue weighted by molar-refractivity contribution is 0.289. The van der Waals surface area contributed by atoms with Crippen molar-refractivity contribution in [3.63, 3.8) is 0 Å². The Hall–Kier alpha value is -1.40. The minimum atomic E-state index is 0.0910. The summed E-state index contributed by atoms with van der Waals surface area (Å²) in [6.07, 6.45) is 7.56. The molecule has 0 amide bonds. The summed E-state index contributed by atoms with van der Waals surface area (Å²) in [7, 11) is 0. The maximum atomic E-state index is 9.38. The van der Waals surface area contributed by atoms with E-state index in [1.54, 1.807) is 6.33 Å². The molecule has 1 saturated carbocycles. The van der Waals surface area contributed by atoms with Crippen molar-refractivity contribution < 1.29 is 5.11 Å². The minimum absolute atomic E-state index is 0.0910. The lowest BCUT2D eigenvalue weighted by Gasteiger charge is -2.35. The average Bonchev–Trinajstić information content (AvgIpc) is 2.93. The van der Waals surface area contributed by atoms with Gasteiger partial charge in [0.1, 0.15) is 5.52 Å². The molecule has 1 aliphatic rings. The van der Waals surface area contributed by atoms with Gasteiger partial charge in [-0.2, -0.15) is 9.97 Å². The van der Waals surface area contributed by atoms with E-state index in [1.807, 2.05) is 0 Å². The second-order valence-electron chi connectivity index (χ2n) is 5.13. The molecule has 0 spiro atoms. The molecule has 7 heteroatoms. The van der Waals surface area contributed by atoms with E-state index >= 15 is 0 Å². The van der Waals surface area contributed by atoms with Crippen LogP contribution in [0, 0.1) is 0 Å². The van der Waals surface area contributed by atoms with Gasteiger partial charge in [-0.25, -0.2) is 4.98 Å². The minimum Gasteiger partial charge on any atom is -0.395 e. The third-order valence-corrected chi connectivity index (χ3v) is 4.04. The molecule has 3 rings (SSSR count). The number of aromatic nitrogens is 4. The van der Waals surface area contributed by atoms with Crippen LogP contribution in [-0.2, 0) is 0 Å². The molecule has 1 fully saturated rings. The first-order valence-electron chi connectivity index (χ1n) is 7.03. The predicted molar refractivity (Wildman–Crippen MR) is 78.0 cm³/mol. The van der Waals surface area contributed by atoms with Crippen molar-refractivity contribution in [3.05, 3.63) is 11.6 Å². The van der Waals surface area contributed by atoms with E-state index < -0.39 is 0 Å². The number of aliphatic hydroxyl groups is 1. The number of imidazole rings is 1. The van der Waals surface area contributed by atoms with Crippen molar-refractivity contribution in [2.45, 2.75) is 38.1 Å². The highest BCUT2D eigenvalue weighted by atomic mass is 35.5. The van der Waals surface area contributed by atoms with Gasteiger partial charge in [0, 0.05) is 12.6 Å². The van der Waals surface area contributed by atoms with E-state index in [1.165, 1.54) is 19.3 Å². The van der Waals surface area contributed by atoms with Crippen molar-refractivity contribution in [1.82, 2.24) is 19.9 Å². The molecule has 2 N–H and O–H groups in total. The number of nitrogens with one attached hydrogen (secondary N) is 1. The number of hydrogen-bond acceptors (Lipinski definition) is 5. The standard InChI is InChI=1S/C13H18ClN5O/c14-13-17-11-10(15-8-16-11)12(18-13)19(6-7-20)9-4-2-1-3-5-9/h8-9,20H,1-7H2,(H,15,16,17,18). The van der Waals surface area contributed by atoms with Crippen LogP contribution in [0.2, 0.25) is 5.28 Å². The third-order valence-electron chi connectivity index (χ3n) is 3.87. The molecule has 0 aliphatic heterocycles. The maximum Gasteiger partial charge on any atom is 0.226 e. The molecule has 0 atom stereocenters. The van der Waals surface area contributed by atoms with E-state index in [9.17, 15) is 5.11 Å². The lowest BCUT2D eigenvalue weighted by Crippen LogP contribution is -2.39. The smallest absolute Gasteiger partial charge is 0.226 e. The highest BCUT2D eigenvalue weighted by Gasteiger charge is 2.25. The molecular formula is C13H18ClN5O. The highest BCUT2D eigenvalue weighted by Crippen LogP contribution is 2.30. The van der Waals surface area contributed by atoms with Gasteiger partial charge >= 0.3 is 0 Å². The Bertz CT molecular complexity index is 581. The van der Waals surface area contributed by atoms with Crippen LogP contribution in [0.4, 0.5) is 5.82 Å². The molecule has 0 unspecified atom stereocenters. The molecule has 0 aromatic carbocycles. The number of nitrogens with zero attached hydrogens (tertiary/aromatic N) is 4. The predicted octanol–water partition coefficient (Wildman–Crippen LogP) is 2.14. The van der Waals surface area contributed by atoms with Gasteiger partial charge in [0.15, 0.2) is 11.5 Å². The highest BCUT2D eigenvalue weighted by molar-refractivity contribution is 6.28. The zero-order valence-electron chi connectivity index (χ0n) is 11.2. The SMILES string of the molecule is OCCN(c1nc(Cl)nc2nc[nH]c12)C1CCCCC1. The number of halogens is 1. The zero-order chi connectivity index (χ0) is 13.9. The fourth-order valence-corrected chi connectivity index (χ4v) is 3.12. The molecule has 2 aromatic rings. The fourth-order valence-electron chi connectivity index (χ4n) is 2.96. The van der Waals surface area contributed by atoms with E-state index in [4.69, 9.17) is 11.6 Å². The third kappa shape index (κ3) is 2.58. The number of hydrogen-bond donors (Lipinski definition) is 2. The summed E-state index contributed by atoms with van der Waals surface area (Å²) in [5.41, 5.74) is 1.35. The van der Waals surface area contributed by atoms with Crippen LogP contribution >= 0.6 is 11.6 Å². The van der Waals surface area contributed by atoms with E-state index in [0.29, 0.717) is 18.2 Å². The van der Waals surface area contributed by atoms with Crippen LogP contribution in [0.15, 0.2) is 6.33 Å². The Morgan fingerprint density at radius 2 is 2.10 bits per heavy atom. The molecule has 20 heavy (non-hydrogen) atoms. The molecule has 0 saturated heterocycles. The molecule has 2 aromatic heterocycles. The summed E-state index contributed by atoms with van der Waals surface area (Å²) in [4.78, 5) is 17.8. The summed E-state index contributed by atoms with van der Waals surface area (Å²) in [5.74, 6) is 0.749. The topological polar surface area (TPSA) is 77.9 Å². The van der Waals surface area contributed by atoms with Gasteiger partial charge in [-0.15, -0.1) is 0 Å². The van der Waals surface area contributed by atoms with Gasteiger partial charge in [0.25, 0.3) is 0 Å². The zero-order valence-corrected chi connectivity index (χ0v) is 12.0. The first kappa shape index (κ1) is 13.6. The summed E-state index contributed by atoms with van der Waals surface area (Å²) in [6.45, 7) is 0.639.